The number of hydrogen-bond acceptors (Lipinski definition) is 5. The fraction of sp³-hybridized carbons (Fsp3) is 0.300. The van der Waals surface area contributed by atoms with Crippen LogP contribution in [0.15, 0.2) is 53.4 Å². The number of nitrogens with one attached hydrogen (secondary N) is 3. The lowest BCUT2D eigenvalue weighted by atomic mass is 10.2. The lowest BCUT2D eigenvalue weighted by molar-refractivity contribution is 0.0526. The molecular formula is C20H24ClN3O5S. The van der Waals surface area contributed by atoms with Crippen LogP contribution in [0.25, 0.3) is 0 Å². The Morgan fingerprint density at radius 1 is 1.00 bits per heavy atom. The van der Waals surface area contributed by atoms with Crippen LogP contribution < -0.4 is 15.4 Å². The van der Waals surface area contributed by atoms with Crippen molar-refractivity contribution in [3.8, 4) is 0 Å². The highest BCUT2D eigenvalue weighted by molar-refractivity contribution is 7.92. The van der Waals surface area contributed by atoms with Gasteiger partial charge in [-0.05, 0) is 57.2 Å². The maximum atomic E-state index is 12.6. The molecule has 0 aliphatic carbocycles. The zero-order valence-electron chi connectivity index (χ0n) is 16.9. The van der Waals surface area contributed by atoms with E-state index in [1.807, 2.05) is 0 Å². The molecule has 0 unspecified atom stereocenters. The molecule has 0 fully saturated rings. The van der Waals surface area contributed by atoms with Gasteiger partial charge in [0.15, 0.2) is 0 Å². The first-order valence-corrected chi connectivity index (χ1v) is 11.0. The van der Waals surface area contributed by atoms with Crippen molar-refractivity contribution < 1.29 is 22.7 Å². The summed E-state index contributed by atoms with van der Waals surface area (Å²) in [6.07, 6.45) is -0.586. The van der Waals surface area contributed by atoms with Gasteiger partial charge in [0.2, 0.25) is 0 Å². The van der Waals surface area contributed by atoms with E-state index in [1.54, 1.807) is 39.0 Å². The molecule has 0 spiro atoms. The van der Waals surface area contributed by atoms with Gasteiger partial charge in [0.05, 0.1) is 10.6 Å². The number of carbonyl (C=O) groups excluding carboxylic acids is 2. The molecule has 0 aliphatic heterocycles. The Hall–Kier alpha value is -2.78. The quantitative estimate of drug-likeness (QED) is 0.556. The minimum absolute atomic E-state index is 0.0676. The zero-order valence-corrected chi connectivity index (χ0v) is 18.4. The molecule has 3 N–H and O–H groups in total. The van der Waals surface area contributed by atoms with Gasteiger partial charge >= 0.3 is 6.09 Å². The summed E-state index contributed by atoms with van der Waals surface area (Å²) in [6.45, 7) is 5.55. The van der Waals surface area contributed by atoms with Crippen molar-refractivity contribution in [2.45, 2.75) is 31.3 Å². The van der Waals surface area contributed by atoms with E-state index in [1.165, 1.54) is 30.3 Å². The molecule has 0 radical (unpaired) electrons. The molecule has 0 atom stereocenters. The van der Waals surface area contributed by atoms with E-state index in [0.29, 0.717) is 10.7 Å². The normalized spacial score (nSPS) is 11.5. The average Bonchev–Trinajstić information content (AvgIpc) is 2.63. The molecule has 0 saturated carbocycles. The monoisotopic (exact) mass is 453 g/mol. The number of carbonyl (C=O) groups is 2. The Morgan fingerprint density at radius 2 is 1.67 bits per heavy atom. The Balaban J connectivity index is 1.95. The molecule has 0 saturated heterocycles. The summed E-state index contributed by atoms with van der Waals surface area (Å²) < 4.78 is 32.7. The van der Waals surface area contributed by atoms with Crippen LogP contribution in [0.4, 0.5) is 10.5 Å². The molecule has 2 rings (SSSR count). The van der Waals surface area contributed by atoms with Crippen molar-refractivity contribution in [3.05, 3.63) is 59.1 Å². The largest absolute Gasteiger partial charge is 0.444 e. The number of hydrogen-bond donors (Lipinski definition) is 3. The van der Waals surface area contributed by atoms with Gasteiger partial charge in [0.1, 0.15) is 5.60 Å². The number of ether oxygens (including phenoxy) is 1. The molecule has 10 heteroatoms. The van der Waals surface area contributed by atoms with E-state index >= 15 is 0 Å². The third-order valence-corrected chi connectivity index (χ3v) is 5.18. The molecule has 0 bridgehead atoms. The van der Waals surface area contributed by atoms with Crippen molar-refractivity contribution in [2.75, 3.05) is 17.8 Å². The van der Waals surface area contributed by atoms with Crippen LogP contribution in [0.3, 0.4) is 0 Å². The molecule has 0 aromatic heterocycles. The van der Waals surface area contributed by atoms with Gasteiger partial charge in [-0.2, -0.15) is 0 Å². The topological polar surface area (TPSA) is 114 Å². The van der Waals surface area contributed by atoms with Gasteiger partial charge in [-0.15, -0.1) is 0 Å². The number of amides is 2. The van der Waals surface area contributed by atoms with Crippen molar-refractivity contribution in [1.29, 1.82) is 0 Å². The van der Waals surface area contributed by atoms with Crippen LogP contribution in [-0.4, -0.2) is 39.1 Å². The molecule has 162 valence electrons. The van der Waals surface area contributed by atoms with Crippen LogP contribution in [0, 0.1) is 0 Å². The van der Waals surface area contributed by atoms with E-state index in [2.05, 4.69) is 15.4 Å². The predicted octanol–water partition coefficient (Wildman–Crippen LogP) is 3.40. The number of rotatable bonds is 7. The fourth-order valence-electron chi connectivity index (χ4n) is 2.33. The SMILES string of the molecule is CC(C)(C)OC(=O)NCCNC(=O)c1cccc(S(=O)(=O)Nc2cccc(Cl)c2)c1. The van der Waals surface area contributed by atoms with Gasteiger partial charge in [0, 0.05) is 23.7 Å². The van der Waals surface area contributed by atoms with Gasteiger partial charge in [-0.1, -0.05) is 23.7 Å². The van der Waals surface area contributed by atoms with E-state index in [9.17, 15) is 18.0 Å². The highest BCUT2D eigenvalue weighted by atomic mass is 35.5. The second-order valence-electron chi connectivity index (χ2n) is 7.33. The summed E-state index contributed by atoms with van der Waals surface area (Å²) in [5.74, 6) is -0.471. The summed E-state index contributed by atoms with van der Waals surface area (Å²) in [4.78, 5) is 23.8. The predicted molar refractivity (Wildman–Crippen MR) is 115 cm³/mol. The molecule has 2 amide bonds. The Bertz CT molecular complexity index is 1020. The standard InChI is InChI=1S/C20H24ClN3O5S/c1-20(2,3)29-19(26)23-11-10-22-18(25)14-6-4-9-17(12-14)30(27,28)24-16-8-5-7-15(21)13-16/h4-9,12-13,24H,10-11H2,1-3H3,(H,22,25)(H,23,26). The van der Waals surface area contributed by atoms with Crippen molar-refractivity contribution in [1.82, 2.24) is 10.6 Å². The summed E-state index contributed by atoms with van der Waals surface area (Å²) in [5.41, 5.74) is -0.134. The second-order valence-corrected chi connectivity index (χ2v) is 9.45. The number of halogens is 1. The van der Waals surface area contributed by atoms with Gasteiger partial charge in [0.25, 0.3) is 15.9 Å². The third-order valence-electron chi connectivity index (χ3n) is 3.56. The second kappa shape index (κ2) is 9.82. The molecular weight excluding hydrogens is 430 g/mol. The summed E-state index contributed by atoms with van der Waals surface area (Å²) in [5, 5.41) is 5.52. The summed E-state index contributed by atoms with van der Waals surface area (Å²) >= 11 is 5.88. The maximum absolute atomic E-state index is 12.6. The highest BCUT2D eigenvalue weighted by Crippen LogP contribution is 2.20. The first-order valence-electron chi connectivity index (χ1n) is 9.10. The molecule has 2 aromatic carbocycles. The number of benzene rings is 2. The van der Waals surface area contributed by atoms with Gasteiger partial charge < -0.3 is 15.4 Å². The third kappa shape index (κ3) is 7.57. The summed E-state index contributed by atoms with van der Waals surface area (Å²) in [7, 11) is -3.90. The fourth-order valence-corrected chi connectivity index (χ4v) is 3.61. The highest BCUT2D eigenvalue weighted by Gasteiger charge is 2.17. The molecule has 0 heterocycles. The molecule has 30 heavy (non-hydrogen) atoms. The van der Waals surface area contributed by atoms with Crippen LogP contribution in [0.1, 0.15) is 31.1 Å². The lowest BCUT2D eigenvalue weighted by Gasteiger charge is -2.19. The molecule has 8 nitrogen and oxygen atoms in total. The Morgan fingerprint density at radius 3 is 2.33 bits per heavy atom. The van der Waals surface area contributed by atoms with Crippen LogP contribution in [-0.2, 0) is 14.8 Å². The van der Waals surface area contributed by atoms with E-state index in [4.69, 9.17) is 16.3 Å². The maximum Gasteiger partial charge on any atom is 0.407 e. The van der Waals surface area contributed by atoms with Crippen molar-refractivity contribution in [2.24, 2.45) is 0 Å². The minimum atomic E-state index is -3.90. The first-order chi connectivity index (χ1) is 14.0. The Kier molecular flexibility index (Phi) is 7.69. The van der Waals surface area contributed by atoms with E-state index in [0.717, 1.165) is 0 Å². The van der Waals surface area contributed by atoms with Crippen molar-refractivity contribution in [3.63, 3.8) is 0 Å². The van der Waals surface area contributed by atoms with Gasteiger partial charge in [-0.3, -0.25) is 9.52 Å². The lowest BCUT2D eigenvalue weighted by Crippen LogP contribution is -2.37. The van der Waals surface area contributed by atoms with Crippen LogP contribution in [0.5, 0.6) is 0 Å². The van der Waals surface area contributed by atoms with Crippen LogP contribution in [0.2, 0.25) is 5.02 Å². The van der Waals surface area contributed by atoms with E-state index < -0.39 is 27.6 Å². The van der Waals surface area contributed by atoms with Crippen molar-refractivity contribution >= 4 is 39.3 Å². The number of anilines is 1. The number of alkyl carbamates (subject to hydrolysis) is 1. The van der Waals surface area contributed by atoms with Crippen LogP contribution >= 0.6 is 11.6 Å². The smallest absolute Gasteiger partial charge is 0.407 e. The first kappa shape index (κ1) is 23.5. The molecule has 0 aliphatic rings. The van der Waals surface area contributed by atoms with Gasteiger partial charge in [-0.25, -0.2) is 13.2 Å². The number of sulfonamides is 1. The minimum Gasteiger partial charge on any atom is -0.444 e. The van der Waals surface area contributed by atoms with E-state index in [-0.39, 0.29) is 23.5 Å². The Labute approximate surface area is 181 Å². The molecule has 2 aromatic rings. The average molecular weight is 454 g/mol. The zero-order chi connectivity index (χ0) is 22.4. The summed E-state index contributed by atoms with van der Waals surface area (Å²) in [6, 6.07) is 11.9.